The number of aryl methyl sites for hydroxylation is 2. The molecule has 2 rings (SSSR count). The molecule has 3 nitrogen and oxygen atoms in total. The molecule has 0 saturated heterocycles. The van der Waals surface area contributed by atoms with Crippen molar-refractivity contribution in [3.8, 4) is 0 Å². The van der Waals surface area contributed by atoms with E-state index in [0.717, 1.165) is 18.4 Å². The number of nitrogens with one attached hydrogen (secondary N) is 1. The second-order valence-electron chi connectivity index (χ2n) is 5.32. The first-order valence-corrected chi connectivity index (χ1v) is 7.21. The Kier molecular flexibility index (Phi) is 4.97. The first-order valence-electron chi connectivity index (χ1n) is 7.21. The van der Waals surface area contributed by atoms with Gasteiger partial charge in [0.05, 0.1) is 6.10 Å². The number of aliphatic hydroxyl groups excluding tert-OH is 1. The number of fused-ring (bicyclic) bond motifs is 1. The van der Waals surface area contributed by atoms with Crippen LogP contribution in [0.5, 0.6) is 0 Å². The summed E-state index contributed by atoms with van der Waals surface area (Å²) >= 11 is 0. The van der Waals surface area contributed by atoms with E-state index in [4.69, 9.17) is 0 Å². The fourth-order valence-electron chi connectivity index (χ4n) is 2.71. The number of rotatable bonds is 5. The Labute approximate surface area is 115 Å². The number of amides is 1. The highest BCUT2D eigenvalue weighted by Gasteiger charge is 2.13. The Morgan fingerprint density at radius 2 is 2.05 bits per heavy atom. The second kappa shape index (κ2) is 6.71. The van der Waals surface area contributed by atoms with E-state index in [2.05, 4.69) is 17.4 Å². The van der Waals surface area contributed by atoms with Gasteiger partial charge in [0.2, 0.25) is 5.91 Å². The van der Waals surface area contributed by atoms with Gasteiger partial charge in [-0.15, -0.1) is 0 Å². The number of hydrogen-bond acceptors (Lipinski definition) is 2. The Morgan fingerprint density at radius 1 is 1.32 bits per heavy atom. The summed E-state index contributed by atoms with van der Waals surface area (Å²) in [4.78, 5) is 11.1. The normalized spacial score (nSPS) is 15.7. The second-order valence-corrected chi connectivity index (χ2v) is 5.32. The van der Waals surface area contributed by atoms with Gasteiger partial charge in [0.15, 0.2) is 0 Å². The largest absolute Gasteiger partial charge is 0.388 e. The molecule has 1 aliphatic rings. The molecule has 0 bridgehead atoms. The molecule has 0 aromatic heterocycles. The molecule has 0 aliphatic heterocycles. The van der Waals surface area contributed by atoms with E-state index in [1.807, 2.05) is 6.07 Å². The minimum absolute atomic E-state index is 0.0395. The molecule has 1 aromatic carbocycles. The minimum atomic E-state index is -0.447. The van der Waals surface area contributed by atoms with Crippen LogP contribution in [0.2, 0.25) is 0 Å². The predicted molar refractivity (Wildman–Crippen MR) is 76.0 cm³/mol. The predicted octanol–water partition coefficient (Wildman–Crippen LogP) is 2.52. The fraction of sp³-hybridized carbons (Fsp3) is 0.562. The Balaban J connectivity index is 1.91. The Bertz CT molecular complexity index is 442. The highest BCUT2D eigenvalue weighted by atomic mass is 16.3. The van der Waals surface area contributed by atoms with Gasteiger partial charge in [-0.25, -0.2) is 0 Å². The smallest absolute Gasteiger partial charge is 0.219 e. The number of benzene rings is 1. The van der Waals surface area contributed by atoms with Crippen LogP contribution in [0.4, 0.5) is 0 Å². The summed E-state index contributed by atoms with van der Waals surface area (Å²) in [6.07, 6.45) is 6.24. The zero-order valence-corrected chi connectivity index (χ0v) is 11.6. The van der Waals surface area contributed by atoms with E-state index >= 15 is 0 Å². The van der Waals surface area contributed by atoms with Crippen molar-refractivity contribution >= 4 is 5.91 Å². The van der Waals surface area contributed by atoms with E-state index in [9.17, 15) is 9.90 Å². The average Bonchev–Trinajstić information content (AvgIpc) is 2.46. The third-order valence-corrected chi connectivity index (χ3v) is 3.92. The lowest BCUT2D eigenvalue weighted by Crippen LogP contribution is -2.17. The van der Waals surface area contributed by atoms with E-state index in [0.29, 0.717) is 12.8 Å². The Morgan fingerprint density at radius 3 is 2.79 bits per heavy atom. The number of aliphatic hydroxyl groups is 1. The van der Waals surface area contributed by atoms with Crippen molar-refractivity contribution in [3.63, 3.8) is 0 Å². The molecular weight excluding hydrogens is 238 g/mol. The van der Waals surface area contributed by atoms with Crippen LogP contribution in [0.3, 0.4) is 0 Å². The summed E-state index contributed by atoms with van der Waals surface area (Å²) in [5, 5.41) is 12.8. The molecule has 1 aromatic rings. The summed E-state index contributed by atoms with van der Waals surface area (Å²) < 4.78 is 0. The van der Waals surface area contributed by atoms with Gasteiger partial charge >= 0.3 is 0 Å². The van der Waals surface area contributed by atoms with Crippen LogP contribution in [-0.2, 0) is 17.6 Å². The van der Waals surface area contributed by atoms with Gasteiger partial charge in [0, 0.05) is 13.5 Å². The topological polar surface area (TPSA) is 49.3 Å². The summed E-state index contributed by atoms with van der Waals surface area (Å²) in [6, 6.07) is 6.35. The molecule has 0 spiro atoms. The summed E-state index contributed by atoms with van der Waals surface area (Å²) in [6.45, 7) is 0. The molecule has 104 valence electrons. The Hall–Kier alpha value is -1.35. The van der Waals surface area contributed by atoms with Crippen molar-refractivity contribution in [2.75, 3.05) is 7.05 Å². The molecule has 0 fully saturated rings. The molecule has 0 saturated carbocycles. The first kappa shape index (κ1) is 14.1. The minimum Gasteiger partial charge on any atom is -0.388 e. The molecule has 0 radical (unpaired) electrons. The van der Waals surface area contributed by atoms with Crippen LogP contribution in [0.25, 0.3) is 0 Å². The van der Waals surface area contributed by atoms with Crippen molar-refractivity contribution < 1.29 is 9.90 Å². The lowest BCUT2D eigenvalue weighted by molar-refractivity contribution is -0.120. The van der Waals surface area contributed by atoms with E-state index in [-0.39, 0.29) is 5.91 Å². The average molecular weight is 261 g/mol. The molecule has 1 amide bonds. The monoisotopic (exact) mass is 261 g/mol. The van der Waals surface area contributed by atoms with Gasteiger partial charge in [0.25, 0.3) is 0 Å². The van der Waals surface area contributed by atoms with Crippen LogP contribution in [0.15, 0.2) is 18.2 Å². The fourth-order valence-corrected chi connectivity index (χ4v) is 2.71. The highest BCUT2D eigenvalue weighted by Crippen LogP contribution is 2.26. The molecule has 1 atom stereocenters. The van der Waals surface area contributed by atoms with Gasteiger partial charge in [0.1, 0.15) is 0 Å². The molecule has 1 aliphatic carbocycles. The first-order chi connectivity index (χ1) is 9.20. The van der Waals surface area contributed by atoms with Gasteiger partial charge in [-0.05, 0) is 55.2 Å². The zero-order chi connectivity index (χ0) is 13.7. The number of hydrogen-bond donors (Lipinski definition) is 2. The van der Waals surface area contributed by atoms with Crippen molar-refractivity contribution in [2.24, 2.45) is 0 Å². The van der Waals surface area contributed by atoms with Crippen LogP contribution in [-0.4, -0.2) is 18.1 Å². The maximum Gasteiger partial charge on any atom is 0.219 e. The van der Waals surface area contributed by atoms with Crippen molar-refractivity contribution in [1.82, 2.24) is 5.32 Å². The summed E-state index contributed by atoms with van der Waals surface area (Å²) in [5.74, 6) is 0.0395. The van der Waals surface area contributed by atoms with Crippen LogP contribution < -0.4 is 5.32 Å². The van der Waals surface area contributed by atoms with E-state index in [1.54, 1.807) is 7.05 Å². The molecule has 1 unspecified atom stereocenters. The number of carbonyl (C=O) groups is 1. The lowest BCUT2D eigenvalue weighted by atomic mass is 9.89. The van der Waals surface area contributed by atoms with E-state index in [1.165, 1.54) is 30.4 Å². The van der Waals surface area contributed by atoms with Crippen LogP contribution >= 0.6 is 0 Å². The van der Waals surface area contributed by atoms with E-state index < -0.39 is 6.10 Å². The lowest BCUT2D eigenvalue weighted by Gasteiger charge is -2.18. The van der Waals surface area contributed by atoms with Crippen molar-refractivity contribution in [1.29, 1.82) is 0 Å². The maximum absolute atomic E-state index is 11.1. The van der Waals surface area contributed by atoms with Crippen molar-refractivity contribution in [3.05, 3.63) is 34.9 Å². The van der Waals surface area contributed by atoms with Gasteiger partial charge in [-0.2, -0.15) is 0 Å². The number of carbonyl (C=O) groups excluding carboxylic acids is 1. The molecular formula is C16H23NO2. The highest BCUT2D eigenvalue weighted by molar-refractivity contribution is 5.75. The van der Waals surface area contributed by atoms with Gasteiger partial charge < -0.3 is 10.4 Å². The summed E-state index contributed by atoms with van der Waals surface area (Å²) in [5.41, 5.74) is 3.83. The zero-order valence-electron chi connectivity index (χ0n) is 11.6. The van der Waals surface area contributed by atoms with Crippen molar-refractivity contribution in [2.45, 2.75) is 51.0 Å². The quantitative estimate of drug-likeness (QED) is 0.855. The molecule has 19 heavy (non-hydrogen) atoms. The van der Waals surface area contributed by atoms with Gasteiger partial charge in [-0.3, -0.25) is 4.79 Å². The molecule has 2 N–H and O–H groups in total. The van der Waals surface area contributed by atoms with Crippen LogP contribution in [0, 0.1) is 0 Å². The SMILES string of the molecule is CNC(=O)CCCC(O)c1ccc2c(c1)CCCC2. The molecule has 3 heteroatoms. The standard InChI is InChI=1S/C16H23NO2/c1-17-16(19)8-4-7-15(18)14-10-9-12-5-2-3-6-13(12)11-14/h9-11,15,18H,2-8H2,1H3,(H,17,19). The third-order valence-electron chi connectivity index (χ3n) is 3.92. The third kappa shape index (κ3) is 3.80. The maximum atomic E-state index is 11.1. The van der Waals surface area contributed by atoms with Crippen LogP contribution in [0.1, 0.15) is 54.9 Å². The molecule has 0 heterocycles. The summed E-state index contributed by atoms with van der Waals surface area (Å²) in [7, 11) is 1.64. The van der Waals surface area contributed by atoms with Gasteiger partial charge in [-0.1, -0.05) is 18.2 Å².